The smallest absolute Gasteiger partial charge is 0.319 e. The van der Waals surface area contributed by atoms with Gasteiger partial charge < -0.3 is 15.7 Å². The van der Waals surface area contributed by atoms with Crippen LogP contribution in [0.4, 0.5) is 19.3 Å². The van der Waals surface area contributed by atoms with Crippen molar-refractivity contribution < 1.29 is 23.5 Å². The summed E-state index contributed by atoms with van der Waals surface area (Å²) in [5.41, 5.74) is -1.33. The molecule has 2 atom stereocenters. The molecule has 0 saturated heterocycles. The van der Waals surface area contributed by atoms with E-state index >= 15 is 0 Å². The number of hydrogen-bond acceptors (Lipinski definition) is 2. The number of urea groups is 1. The molecule has 114 valence electrons. The van der Waals surface area contributed by atoms with Gasteiger partial charge in [0, 0.05) is 12.1 Å². The SMILES string of the molecule is CC1(C(=O)O)CCCC1NC(=O)Nc1cc(F)ccc1F. The van der Waals surface area contributed by atoms with Crippen LogP contribution in [0.15, 0.2) is 18.2 Å². The summed E-state index contributed by atoms with van der Waals surface area (Å²) in [6, 6.07) is 1.41. The predicted octanol–water partition coefficient (Wildman–Crippen LogP) is 2.73. The van der Waals surface area contributed by atoms with Crippen LogP contribution >= 0.6 is 0 Å². The number of benzene rings is 1. The number of carbonyl (C=O) groups excluding carboxylic acids is 1. The van der Waals surface area contributed by atoms with Gasteiger partial charge in [0.05, 0.1) is 11.1 Å². The fraction of sp³-hybridized carbons (Fsp3) is 0.429. The maximum absolute atomic E-state index is 13.4. The molecule has 0 bridgehead atoms. The molecule has 0 aromatic heterocycles. The summed E-state index contributed by atoms with van der Waals surface area (Å²) in [4.78, 5) is 23.1. The quantitative estimate of drug-likeness (QED) is 0.803. The number of aliphatic carboxylic acids is 1. The Bertz CT molecular complexity index is 579. The highest BCUT2D eigenvalue weighted by atomic mass is 19.1. The molecule has 21 heavy (non-hydrogen) atoms. The van der Waals surface area contributed by atoms with E-state index in [1.807, 2.05) is 0 Å². The van der Waals surface area contributed by atoms with Gasteiger partial charge in [-0.15, -0.1) is 0 Å². The predicted molar refractivity (Wildman–Crippen MR) is 71.9 cm³/mol. The Labute approximate surface area is 120 Å². The normalized spacial score (nSPS) is 24.6. The minimum absolute atomic E-state index is 0.289. The number of rotatable bonds is 3. The molecule has 1 fully saturated rings. The van der Waals surface area contributed by atoms with Crippen molar-refractivity contribution >= 4 is 17.7 Å². The third kappa shape index (κ3) is 3.12. The van der Waals surface area contributed by atoms with E-state index in [-0.39, 0.29) is 5.69 Å². The van der Waals surface area contributed by atoms with Crippen LogP contribution < -0.4 is 10.6 Å². The zero-order valence-electron chi connectivity index (χ0n) is 11.5. The van der Waals surface area contributed by atoms with Gasteiger partial charge in [-0.05, 0) is 31.9 Å². The summed E-state index contributed by atoms with van der Waals surface area (Å²) in [6.45, 7) is 1.57. The van der Waals surface area contributed by atoms with E-state index in [1.165, 1.54) is 0 Å². The standard InChI is InChI=1S/C14H16F2N2O3/c1-14(12(19)20)6-2-3-11(14)18-13(21)17-10-7-8(15)4-5-9(10)16/h4-5,7,11H,2-3,6H2,1H3,(H,19,20)(H2,17,18,21). The first-order valence-corrected chi connectivity index (χ1v) is 6.59. The molecule has 3 N–H and O–H groups in total. The molecule has 2 rings (SSSR count). The topological polar surface area (TPSA) is 78.4 Å². The number of carbonyl (C=O) groups is 2. The van der Waals surface area contributed by atoms with Gasteiger partial charge in [-0.1, -0.05) is 6.42 Å². The van der Waals surface area contributed by atoms with Crippen molar-refractivity contribution in [2.75, 3.05) is 5.32 Å². The Morgan fingerprint density at radius 1 is 1.38 bits per heavy atom. The Kier molecular flexibility index (Phi) is 4.11. The molecule has 2 amide bonds. The van der Waals surface area contributed by atoms with Gasteiger partial charge in [0.1, 0.15) is 11.6 Å². The fourth-order valence-electron chi connectivity index (χ4n) is 2.56. The summed E-state index contributed by atoms with van der Waals surface area (Å²) in [5, 5.41) is 14.0. The number of carboxylic acid groups (broad SMARTS) is 1. The van der Waals surface area contributed by atoms with Crippen molar-refractivity contribution in [2.24, 2.45) is 5.41 Å². The molecule has 0 radical (unpaired) electrons. The molecular weight excluding hydrogens is 282 g/mol. The Morgan fingerprint density at radius 2 is 2.10 bits per heavy atom. The molecular formula is C14H16F2N2O3. The van der Waals surface area contributed by atoms with Gasteiger partial charge in [0.25, 0.3) is 0 Å². The van der Waals surface area contributed by atoms with Crippen LogP contribution in [0.1, 0.15) is 26.2 Å². The molecule has 0 aliphatic heterocycles. The number of anilines is 1. The molecule has 1 saturated carbocycles. The number of nitrogens with one attached hydrogen (secondary N) is 2. The van der Waals surface area contributed by atoms with Crippen molar-refractivity contribution in [1.29, 1.82) is 0 Å². The van der Waals surface area contributed by atoms with Crippen LogP contribution in [0.5, 0.6) is 0 Å². The van der Waals surface area contributed by atoms with Crippen LogP contribution in [0.2, 0.25) is 0 Å². The highest BCUT2D eigenvalue weighted by Gasteiger charge is 2.45. The zero-order valence-corrected chi connectivity index (χ0v) is 11.5. The third-order valence-corrected chi connectivity index (χ3v) is 3.93. The second-order valence-corrected chi connectivity index (χ2v) is 5.39. The Hall–Kier alpha value is -2.18. The first-order chi connectivity index (χ1) is 9.83. The average molecular weight is 298 g/mol. The van der Waals surface area contributed by atoms with Crippen LogP contribution in [-0.2, 0) is 4.79 Å². The minimum atomic E-state index is -1.04. The van der Waals surface area contributed by atoms with Crippen molar-refractivity contribution in [3.63, 3.8) is 0 Å². The maximum atomic E-state index is 13.4. The second-order valence-electron chi connectivity index (χ2n) is 5.39. The van der Waals surface area contributed by atoms with Gasteiger partial charge in [-0.25, -0.2) is 13.6 Å². The van der Waals surface area contributed by atoms with Gasteiger partial charge in [-0.2, -0.15) is 0 Å². The second kappa shape index (κ2) is 5.67. The lowest BCUT2D eigenvalue weighted by atomic mass is 9.85. The molecule has 0 heterocycles. The zero-order chi connectivity index (χ0) is 15.6. The third-order valence-electron chi connectivity index (χ3n) is 3.93. The van der Waals surface area contributed by atoms with E-state index in [0.29, 0.717) is 19.3 Å². The molecule has 7 heteroatoms. The number of amides is 2. The molecule has 1 aliphatic carbocycles. The summed E-state index contributed by atoms with van der Waals surface area (Å²) in [5.74, 6) is -2.43. The molecule has 5 nitrogen and oxygen atoms in total. The average Bonchev–Trinajstić information content (AvgIpc) is 2.77. The van der Waals surface area contributed by atoms with E-state index in [0.717, 1.165) is 18.2 Å². The largest absolute Gasteiger partial charge is 0.481 e. The van der Waals surface area contributed by atoms with Crippen molar-refractivity contribution in [1.82, 2.24) is 5.32 Å². The minimum Gasteiger partial charge on any atom is -0.481 e. The molecule has 0 spiro atoms. The van der Waals surface area contributed by atoms with Crippen LogP contribution in [0, 0.1) is 17.0 Å². The van der Waals surface area contributed by atoms with Crippen LogP contribution in [0.25, 0.3) is 0 Å². The summed E-state index contributed by atoms with van der Waals surface area (Å²) < 4.78 is 26.4. The van der Waals surface area contributed by atoms with Crippen molar-refractivity contribution in [3.8, 4) is 0 Å². The molecule has 1 aromatic carbocycles. The number of halogens is 2. The van der Waals surface area contributed by atoms with Gasteiger partial charge in [0.2, 0.25) is 0 Å². The summed E-state index contributed by atoms with van der Waals surface area (Å²) >= 11 is 0. The van der Waals surface area contributed by atoms with E-state index in [4.69, 9.17) is 0 Å². The number of hydrogen-bond donors (Lipinski definition) is 3. The van der Waals surface area contributed by atoms with Crippen molar-refractivity contribution in [2.45, 2.75) is 32.2 Å². The van der Waals surface area contributed by atoms with Crippen LogP contribution in [0.3, 0.4) is 0 Å². The van der Waals surface area contributed by atoms with E-state index in [2.05, 4.69) is 10.6 Å². The lowest BCUT2D eigenvalue weighted by Crippen LogP contribution is -2.48. The highest BCUT2D eigenvalue weighted by Crippen LogP contribution is 2.38. The van der Waals surface area contributed by atoms with E-state index in [1.54, 1.807) is 6.92 Å². The fourth-order valence-corrected chi connectivity index (χ4v) is 2.56. The first-order valence-electron chi connectivity index (χ1n) is 6.59. The number of carboxylic acids is 1. The molecule has 2 unspecified atom stereocenters. The van der Waals surface area contributed by atoms with Crippen molar-refractivity contribution in [3.05, 3.63) is 29.8 Å². The van der Waals surface area contributed by atoms with Crippen LogP contribution in [-0.4, -0.2) is 23.1 Å². The molecule has 1 aromatic rings. The Balaban J connectivity index is 2.05. The lowest BCUT2D eigenvalue weighted by Gasteiger charge is -2.27. The molecule has 1 aliphatic rings. The monoisotopic (exact) mass is 298 g/mol. The van der Waals surface area contributed by atoms with Gasteiger partial charge in [-0.3, -0.25) is 4.79 Å². The van der Waals surface area contributed by atoms with E-state index in [9.17, 15) is 23.5 Å². The first kappa shape index (κ1) is 15.2. The highest BCUT2D eigenvalue weighted by molar-refractivity contribution is 5.90. The Morgan fingerprint density at radius 3 is 2.76 bits per heavy atom. The van der Waals surface area contributed by atoms with Gasteiger partial charge >= 0.3 is 12.0 Å². The lowest BCUT2D eigenvalue weighted by molar-refractivity contribution is -0.148. The van der Waals surface area contributed by atoms with Gasteiger partial charge in [0.15, 0.2) is 0 Å². The van der Waals surface area contributed by atoms with E-state index < -0.39 is 35.1 Å². The summed E-state index contributed by atoms with van der Waals surface area (Å²) in [7, 11) is 0. The maximum Gasteiger partial charge on any atom is 0.319 e. The summed E-state index contributed by atoms with van der Waals surface area (Å²) in [6.07, 6.45) is 1.67.